The Bertz CT molecular complexity index is 310. The number of hydrogen-bond donors (Lipinski definition) is 0. The summed E-state index contributed by atoms with van der Waals surface area (Å²) >= 11 is 9.39. The molecule has 0 saturated heterocycles. The van der Waals surface area contributed by atoms with Crippen molar-refractivity contribution in [2.24, 2.45) is 0 Å². The van der Waals surface area contributed by atoms with Gasteiger partial charge in [0.1, 0.15) is 5.75 Å². The molecule has 3 heteroatoms. The zero-order valence-electron chi connectivity index (χ0n) is 7.24. The van der Waals surface area contributed by atoms with Crippen molar-refractivity contribution in [3.05, 3.63) is 26.7 Å². The topological polar surface area (TPSA) is 9.23 Å². The molecule has 0 spiro atoms. The van der Waals surface area contributed by atoms with E-state index in [0.29, 0.717) is 0 Å². The summed E-state index contributed by atoms with van der Waals surface area (Å²) in [6, 6.07) is 2.01. The van der Waals surface area contributed by atoms with Crippen molar-refractivity contribution >= 4 is 27.5 Å². The fraction of sp³-hybridized carbons (Fsp3) is 0.333. The second-order valence-electron chi connectivity index (χ2n) is 2.67. The van der Waals surface area contributed by atoms with Crippen molar-refractivity contribution in [1.82, 2.24) is 0 Å². The van der Waals surface area contributed by atoms with Crippen LogP contribution in [0.4, 0.5) is 0 Å². The molecule has 1 nitrogen and oxygen atoms in total. The first-order valence-corrected chi connectivity index (χ1v) is 4.74. The van der Waals surface area contributed by atoms with E-state index in [1.165, 1.54) is 0 Å². The quantitative estimate of drug-likeness (QED) is 0.737. The van der Waals surface area contributed by atoms with Crippen LogP contribution in [-0.4, -0.2) is 7.11 Å². The van der Waals surface area contributed by atoms with Crippen molar-refractivity contribution in [2.45, 2.75) is 13.8 Å². The predicted molar refractivity (Wildman–Crippen MR) is 55.2 cm³/mol. The lowest BCUT2D eigenvalue weighted by Gasteiger charge is -2.10. The predicted octanol–water partition coefficient (Wildman–Crippen LogP) is 3.73. The van der Waals surface area contributed by atoms with E-state index in [2.05, 4.69) is 15.9 Å². The zero-order valence-corrected chi connectivity index (χ0v) is 9.58. The highest BCUT2D eigenvalue weighted by molar-refractivity contribution is 9.10. The average Bonchev–Trinajstić information content (AvgIpc) is 2.01. The minimum atomic E-state index is 0.720. The Morgan fingerprint density at radius 2 is 1.92 bits per heavy atom. The number of methoxy groups -OCH3 is 1. The van der Waals surface area contributed by atoms with E-state index in [4.69, 9.17) is 16.3 Å². The Hall–Kier alpha value is -0.210. The van der Waals surface area contributed by atoms with Crippen molar-refractivity contribution in [3.8, 4) is 5.75 Å². The van der Waals surface area contributed by atoms with Crippen LogP contribution in [0, 0.1) is 13.8 Å². The number of ether oxygens (including phenoxy) is 1. The number of hydrogen-bond acceptors (Lipinski definition) is 1. The molecule has 0 aromatic heterocycles. The molecule has 0 saturated carbocycles. The molecule has 12 heavy (non-hydrogen) atoms. The number of rotatable bonds is 1. The largest absolute Gasteiger partial charge is 0.495 e. The Morgan fingerprint density at radius 3 is 2.42 bits per heavy atom. The Morgan fingerprint density at radius 1 is 1.33 bits per heavy atom. The molecule has 1 rings (SSSR count). The lowest BCUT2D eigenvalue weighted by molar-refractivity contribution is 0.409. The summed E-state index contributed by atoms with van der Waals surface area (Å²) in [6.07, 6.45) is 0. The van der Waals surface area contributed by atoms with Gasteiger partial charge in [0.05, 0.1) is 16.6 Å². The van der Waals surface area contributed by atoms with E-state index in [-0.39, 0.29) is 0 Å². The third-order valence-electron chi connectivity index (χ3n) is 1.73. The molecule has 0 aliphatic carbocycles. The molecule has 0 fully saturated rings. The lowest BCUT2D eigenvalue weighted by atomic mass is 10.1. The van der Waals surface area contributed by atoms with Gasteiger partial charge in [-0.2, -0.15) is 0 Å². The molecule has 0 N–H and O–H groups in total. The average molecular weight is 250 g/mol. The van der Waals surface area contributed by atoms with Gasteiger partial charge >= 0.3 is 0 Å². The van der Waals surface area contributed by atoms with Crippen molar-refractivity contribution < 1.29 is 4.74 Å². The first-order chi connectivity index (χ1) is 5.57. The van der Waals surface area contributed by atoms with E-state index in [1.807, 2.05) is 19.9 Å². The molecule has 0 atom stereocenters. The molecular formula is C9H10BrClO. The van der Waals surface area contributed by atoms with E-state index >= 15 is 0 Å². The van der Waals surface area contributed by atoms with Gasteiger partial charge in [0.15, 0.2) is 0 Å². The van der Waals surface area contributed by atoms with Gasteiger partial charge in [-0.25, -0.2) is 0 Å². The van der Waals surface area contributed by atoms with Crippen molar-refractivity contribution in [1.29, 1.82) is 0 Å². The fourth-order valence-corrected chi connectivity index (χ4v) is 2.08. The third kappa shape index (κ3) is 1.59. The smallest absolute Gasteiger partial charge is 0.137 e. The minimum Gasteiger partial charge on any atom is -0.495 e. The molecule has 66 valence electrons. The molecule has 0 unspecified atom stereocenters. The Labute approximate surface area is 85.8 Å². The summed E-state index contributed by atoms with van der Waals surface area (Å²) in [5.74, 6) is 0.811. The SMILES string of the molecule is COc1c(C)cc(C)c(Cl)c1Br. The Balaban J connectivity index is 3.40. The van der Waals surface area contributed by atoms with Crippen LogP contribution in [0.1, 0.15) is 11.1 Å². The highest BCUT2D eigenvalue weighted by Gasteiger charge is 2.10. The number of halogens is 2. The van der Waals surface area contributed by atoms with Gasteiger partial charge in [-0.15, -0.1) is 0 Å². The van der Waals surface area contributed by atoms with Crippen molar-refractivity contribution in [2.75, 3.05) is 7.11 Å². The van der Waals surface area contributed by atoms with Crippen molar-refractivity contribution in [3.63, 3.8) is 0 Å². The summed E-state index contributed by atoms with van der Waals surface area (Å²) in [5, 5.41) is 0.720. The normalized spacial score (nSPS) is 10.1. The molecule has 0 radical (unpaired) electrons. The fourth-order valence-electron chi connectivity index (χ4n) is 1.15. The second kappa shape index (κ2) is 3.67. The van der Waals surface area contributed by atoms with Gasteiger partial charge < -0.3 is 4.74 Å². The maximum absolute atomic E-state index is 6.01. The van der Waals surface area contributed by atoms with Crippen LogP contribution >= 0.6 is 27.5 Å². The van der Waals surface area contributed by atoms with Crippen LogP contribution in [0.5, 0.6) is 5.75 Å². The molecule has 0 amide bonds. The van der Waals surface area contributed by atoms with Gasteiger partial charge in [-0.1, -0.05) is 17.7 Å². The standard InChI is InChI=1S/C9H10BrClO/c1-5-4-6(2)9(12-3)7(10)8(5)11/h4H,1-3H3. The molecule has 0 aliphatic heterocycles. The highest BCUT2D eigenvalue weighted by Crippen LogP contribution is 2.37. The van der Waals surface area contributed by atoms with Crippen LogP contribution in [0.15, 0.2) is 10.5 Å². The minimum absolute atomic E-state index is 0.720. The van der Waals surface area contributed by atoms with Gasteiger partial charge in [0.2, 0.25) is 0 Å². The molecule has 0 bridgehead atoms. The Kier molecular flexibility index (Phi) is 3.02. The van der Waals surface area contributed by atoms with Gasteiger partial charge in [0, 0.05) is 0 Å². The first kappa shape index (κ1) is 9.87. The summed E-state index contributed by atoms with van der Waals surface area (Å²) in [7, 11) is 1.64. The third-order valence-corrected chi connectivity index (χ3v) is 3.21. The summed E-state index contributed by atoms with van der Waals surface area (Å²) in [5.41, 5.74) is 2.15. The van der Waals surface area contributed by atoms with Crippen LogP contribution in [0.3, 0.4) is 0 Å². The maximum atomic E-state index is 6.01. The van der Waals surface area contributed by atoms with E-state index < -0.39 is 0 Å². The molecule has 1 aromatic rings. The van der Waals surface area contributed by atoms with Crippen LogP contribution in [0.25, 0.3) is 0 Å². The molecule has 0 aliphatic rings. The lowest BCUT2D eigenvalue weighted by Crippen LogP contribution is -1.91. The number of benzene rings is 1. The summed E-state index contributed by atoms with van der Waals surface area (Å²) < 4.78 is 6.02. The summed E-state index contributed by atoms with van der Waals surface area (Å²) in [6.45, 7) is 3.96. The first-order valence-electron chi connectivity index (χ1n) is 3.57. The van der Waals surface area contributed by atoms with Crippen LogP contribution < -0.4 is 4.74 Å². The maximum Gasteiger partial charge on any atom is 0.137 e. The van der Waals surface area contributed by atoms with Gasteiger partial charge in [0.25, 0.3) is 0 Å². The monoisotopic (exact) mass is 248 g/mol. The molecule has 0 heterocycles. The van der Waals surface area contributed by atoms with Gasteiger partial charge in [-0.05, 0) is 40.9 Å². The number of aryl methyl sites for hydroxylation is 2. The van der Waals surface area contributed by atoms with E-state index in [9.17, 15) is 0 Å². The van der Waals surface area contributed by atoms with E-state index in [1.54, 1.807) is 7.11 Å². The molecular weight excluding hydrogens is 239 g/mol. The van der Waals surface area contributed by atoms with Crippen LogP contribution in [-0.2, 0) is 0 Å². The second-order valence-corrected chi connectivity index (χ2v) is 3.84. The molecule has 1 aromatic carbocycles. The van der Waals surface area contributed by atoms with Gasteiger partial charge in [-0.3, -0.25) is 0 Å². The highest BCUT2D eigenvalue weighted by atomic mass is 79.9. The van der Waals surface area contributed by atoms with E-state index in [0.717, 1.165) is 26.4 Å². The summed E-state index contributed by atoms with van der Waals surface area (Å²) in [4.78, 5) is 0. The van der Waals surface area contributed by atoms with Crippen LogP contribution in [0.2, 0.25) is 5.02 Å². The zero-order chi connectivity index (χ0) is 9.30.